The van der Waals surface area contributed by atoms with Crippen LogP contribution in [0.3, 0.4) is 0 Å². The van der Waals surface area contributed by atoms with Crippen LogP contribution in [-0.4, -0.2) is 46.8 Å². The maximum atomic E-state index is 13.0. The van der Waals surface area contributed by atoms with Crippen LogP contribution in [0.5, 0.6) is 0 Å². The van der Waals surface area contributed by atoms with Gasteiger partial charge in [0.05, 0.1) is 18.1 Å². The van der Waals surface area contributed by atoms with Crippen molar-refractivity contribution in [2.24, 2.45) is 5.92 Å². The lowest BCUT2D eigenvalue weighted by Gasteiger charge is -2.38. The molecule has 0 spiro atoms. The number of amides is 1. The SMILES string of the molecule is CC1CCC(N(CC2CCCO2)C(=O)CC2(O)CCCC2)CC1. The number of carbonyl (C=O) groups excluding carboxylic acids is 1. The molecule has 1 amide bonds. The van der Waals surface area contributed by atoms with E-state index in [1.807, 2.05) is 0 Å². The lowest BCUT2D eigenvalue weighted by molar-refractivity contribution is -0.141. The smallest absolute Gasteiger partial charge is 0.225 e. The molecule has 0 radical (unpaired) electrons. The minimum absolute atomic E-state index is 0.157. The zero-order valence-electron chi connectivity index (χ0n) is 14.6. The van der Waals surface area contributed by atoms with Crippen molar-refractivity contribution < 1.29 is 14.6 Å². The van der Waals surface area contributed by atoms with E-state index in [4.69, 9.17) is 4.74 Å². The second-order valence-corrected chi connectivity index (χ2v) is 8.20. The standard InChI is InChI=1S/C19H33NO3/c1-15-6-8-16(9-7-15)20(14-17-5-4-12-23-17)18(21)13-19(22)10-2-3-11-19/h15-17,22H,2-14H2,1H3. The van der Waals surface area contributed by atoms with Crippen molar-refractivity contribution in [2.45, 2.75) is 95.3 Å². The Hall–Kier alpha value is -0.610. The molecule has 0 aromatic heterocycles. The van der Waals surface area contributed by atoms with Crippen molar-refractivity contribution in [3.63, 3.8) is 0 Å². The summed E-state index contributed by atoms with van der Waals surface area (Å²) in [6.07, 6.45) is 11.0. The minimum atomic E-state index is -0.742. The third-order valence-corrected chi connectivity index (χ3v) is 6.19. The predicted molar refractivity (Wildman–Crippen MR) is 90.1 cm³/mol. The highest BCUT2D eigenvalue weighted by molar-refractivity contribution is 5.77. The Labute approximate surface area is 140 Å². The molecule has 1 saturated heterocycles. The van der Waals surface area contributed by atoms with Gasteiger partial charge in [-0.05, 0) is 57.3 Å². The number of aliphatic hydroxyl groups is 1. The third-order valence-electron chi connectivity index (χ3n) is 6.19. The summed E-state index contributed by atoms with van der Waals surface area (Å²) in [4.78, 5) is 15.1. The van der Waals surface area contributed by atoms with Crippen LogP contribution < -0.4 is 0 Å². The first-order valence-electron chi connectivity index (χ1n) is 9.69. The monoisotopic (exact) mass is 323 g/mol. The van der Waals surface area contributed by atoms with Crippen LogP contribution in [-0.2, 0) is 9.53 Å². The summed E-state index contributed by atoms with van der Waals surface area (Å²) in [5.74, 6) is 0.939. The maximum absolute atomic E-state index is 13.0. The Bertz CT molecular complexity index is 391. The maximum Gasteiger partial charge on any atom is 0.225 e. The molecule has 4 nitrogen and oxygen atoms in total. The number of ether oxygens (including phenoxy) is 1. The molecule has 4 heteroatoms. The van der Waals surface area contributed by atoms with Gasteiger partial charge in [0, 0.05) is 19.2 Å². The van der Waals surface area contributed by atoms with Crippen LogP contribution in [0, 0.1) is 5.92 Å². The van der Waals surface area contributed by atoms with Crippen molar-refractivity contribution in [3.8, 4) is 0 Å². The first kappa shape index (κ1) is 17.2. The van der Waals surface area contributed by atoms with Crippen molar-refractivity contribution in [1.29, 1.82) is 0 Å². The van der Waals surface area contributed by atoms with E-state index >= 15 is 0 Å². The van der Waals surface area contributed by atoms with Crippen LogP contribution in [0.2, 0.25) is 0 Å². The van der Waals surface area contributed by atoms with Gasteiger partial charge in [-0.2, -0.15) is 0 Å². The Kier molecular flexibility index (Phi) is 5.63. The minimum Gasteiger partial charge on any atom is -0.389 e. The van der Waals surface area contributed by atoms with Gasteiger partial charge in [-0.25, -0.2) is 0 Å². The Morgan fingerprint density at radius 1 is 1.13 bits per heavy atom. The first-order chi connectivity index (χ1) is 11.1. The average Bonchev–Trinajstić information content (AvgIpc) is 3.17. The molecular weight excluding hydrogens is 290 g/mol. The van der Waals surface area contributed by atoms with Gasteiger partial charge in [0.25, 0.3) is 0 Å². The number of nitrogens with zero attached hydrogens (tertiary/aromatic N) is 1. The summed E-state index contributed by atoms with van der Waals surface area (Å²) in [6, 6.07) is 0.355. The quantitative estimate of drug-likeness (QED) is 0.845. The molecule has 1 N–H and O–H groups in total. The van der Waals surface area contributed by atoms with Crippen molar-refractivity contribution in [3.05, 3.63) is 0 Å². The Balaban J connectivity index is 1.64. The van der Waals surface area contributed by atoms with Gasteiger partial charge in [-0.15, -0.1) is 0 Å². The summed E-state index contributed by atoms with van der Waals surface area (Å²) in [5, 5.41) is 10.6. The molecule has 23 heavy (non-hydrogen) atoms. The van der Waals surface area contributed by atoms with E-state index in [1.54, 1.807) is 0 Å². The summed E-state index contributed by atoms with van der Waals surface area (Å²) >= 11 is 0. The highest BCUT2D eigenvalue weighted by Crippen LogP contribution is 2.34. The lowest BCUT2D eigenvalue weighted by Crippen LogP contribution is -2.48. The molecule has 132 valence electrons. The molecule has 2 saturated carbocycles. The number of carbonyl (C=O) groups is 1. The fraction of sp³-hybridized carbons (Fsp3) is 0.947. The van der Waals surface area contributed by atoms with E-state index in [1.165, 1.54) is 12.8 Å². The highest BCUT2D eigenvalue weighted by atomic mass is 16.5. The van der Waals surface area contributed by atoms with Gasteiger partial charge in [-0.3, -0.25) is 4.79 Å². The number of hydrogen-bond acceptors (Lipinski definition) is 3. The molecule has 0 aromatic rings. The van der Waals surface area contributed by atoms with E-state index in [0.717, 1.165) is 70.4 Å². The molecule has 1 aliphatic heterocycles. The van der Waals surface area contributed by atoms with Crippen LogP contribution in [0.4, 0.5) is 0 Å². The fourth-order valence-electron chi connectivity index (χ4n) is 4.61. The van der Waals surface area contributed by atoms with Crippen LogP contribution in [0.25, 0.3) is 0 Å². The van der Waals surface area contributed by atoms with Crippen molar-refractivity contribution in [2.75, 3.05) is 13.2 Å². The van der Waals surface area contributed by atoms with E-state index in [9.17, 15) is 9.90 Å². The molecule has 1 heterocycles. The van der Waals surface area contributed by atoms with E-state index in [0.29, 0.717) is 12.5 Å². The van der Waals surface area contributed by atoms with E-state index in [2.05, 4.69) is 11.8 Å². The number of hydrogen-bond donors (Lipinski definition) is 1. The number of rotatable bonds is 5. The van der Waals surface area contributed by atoms with Gasteiger partial charge in [0.1, 0.15) is 0 Å². The van der Waals surface area contributed by atoms with Gasteiger partial charge < -0.3 is 14.7 Å². The van der Waals surface area contributed by atoms with Crippen LogP contribution in [0.15, 0.2) is 0 Å². The van der Waals surface area contributed by atoms with Crippen molar-refractivity contribution >= 4 is 5.91 Å². The Morgan fingerprint density at radius 2 is 1.83 bits per heavy atom. The summed E-state index contributed by atoms with van der Waals surface area (Å²) in [5.41, 5.74) is -0.742. The molecule has 0 bridgehead atoms. The zero-order valence-corrected chi connectivity index (χ0v) is 14.6. The van der Waals surface area contributed by atoms with Gasteiger partial charge in [0.15, 0.2) is 0 Å². The van der Waals surface area contributed by atoms with Gasteiger partial charge in [0.2, 0.25) is 5.91 Å². The molecule has 3 fully saturated rings. The molecule has 1 atom stereocenters. The summed E-state index contributed by atoms with van der Waals surface area (Å²) in [7, 11) is 0. The van der Waals surface area contributed by atoms with Crippen molar-refractivity contribution in [1.82, 2.24) is 4.90 Å². The second-order valence-electron chi connectivity index (χ2n) is 8.20. The molecule has 0 aromatic carbocycles. The summed E-state index contributed by atoms with van der Waals surface area (Å²) in [6.45, 7) is 3.87. The normalized spacial score (nSPS) is 33.7. The van der Waals surface area contributed by atoms with Crippen LogP contribution >= 0.6 is 0 Å². The van der Waals surface area contributed by atoms with Crippen LogP contribution in [0.1, 0.15) is 77.6 Å². The highest BCUT2D eigenvalue weighted by Gasteiger charge is 2.38. The van der Waals surface area contributed by atoms with E-state index < -0.39 is 5.60 Å². The molecule has 3 aliphatic rings. The first-order valence-corrected chi connectivity index (χ1v) is 9.69. The average molecular weight is 323 g/mol. The molecule has 3 rings (SSSR count). The van der Waals surface area contributed by atoms with Gasteiger partial charge in [-0.1, -0.05) is 19.8 Å². The zero-order chi connectivity index (χ0) is 16.3. The molecule has 2 aliphatic carbocycles. The molecule has 1 unspecified atom stereocenters. The predicted octanol–water partition coefficient (Wildman–Crippen LogP) is 3.27. The van der Waals surface area contributed by atoms with Gasteiger partial charge >= 0.3 is 0 Å². The third kappa shape index (κ3) is 4.48. The largest absolute Gasteiger partial charge is 0.389 e. The Morgan fingerprint density at radius 3 is 2.43 bits per heavy atom. The van der Waals surface area contributed by atoms with E-state index in [-0.39, 0.29) is 12.0 Å². The lowest BCUT2D eigenvalue weighted by atomic mass is 9.86. The second kappa shape index (κ2) is 7.52. The fourth-order valence-corrected chi connectivity index (χ4v) is 4.61. The summed E-state index contributed by atoms with van der Waals surface area (Å²) < 4.78 is 5.78. The topological polar surface area (TPSA) is 49.8 Å². The molecular formula is C19H33NO3.